The molecule has 2 aliphatic carbocycles. The first-order valence-electron chi connectivity index (χ1n) is 13.6. The van der Waals surface area contributed by atoms with Gasteiger partial charge in [0.25, 0.3) is 0 Å². The van der Waals surface area contributed by atoms with E-state index in [1.165, 1.54) is 0 Å². The van der Waals surface area contributed by atoms with Gasteiger partial charge in [-0.1, -0.05) is 0 Å². The summed E-state index contributed by atoms with van der Waals surface area (Å²) in [5, 5.41) is 6.72. The zero-order valence-corrected chi connectivity index (χ0v) is 21.8. The van der Waals surface area contributed by atoms with E-state index in [2.05, 4.69) is 42.4 Å². The summed E-state index contributed by atoms with van der Waals surface area (Å²) in [4.78, 5) is 24.3. The van der Waals surface area contributed by atoms with Crippen LogP contribution in [0.25, 0.3) is 0 Å². The van der Waals surface area contributed by atoms with Crippen molar-refractivity contribution in [2.75, 3.05) is 56.1 Å². The number of fused-ring (bicyclic) bond motifs is 3. The molecule has 1 aromatic heterocycles. The number of nitrogens with zero attached hydrogens (tertiary/aromatic N) is 3. The van der Waals surface area contributed by atoms with Crippen LogP contribution in [0.15, 0.2) is 24.5 Å². The Kier molecular flexibility index (Phi) is 5.82. The second-order valence-corrected chi connectivity index (χ2v) is 11.1. The first-order chi connectivity index (χ1) is 18.6. The van der Waals surface area contributed by atoms with Gasteiger partial charge in [-0.3, -0.25) is 10.2 Å². The van der Waals surface area contributed by atoms with Gasteiger partial charge in [-0.15, -0.1) is 0 Å². The maximum atomic E-state index is 13.1. The number of carbonyl (C=O) groups is 1. The molecular formula is C27H35N7O4. The van der Waals surface area contributed by atoms with Gasteiger partial charge in [0.15, 0.2) is 11.6 Å². The Morgan fingerprint density at radius 3 is 2.82 bits per heavy atom. The van der Waals surface area contributed by atoms with Crippen molar-refractivity contribution in [2.45, 2.75) is 43.3 Å². The zero-order chi connectivity index (χ0) is 25.9. The fourth-order valence-corrected chi connectivity index (χ4v) is 7.32. The van der Waals surface area contributed by atoms with E-state index in [1.807, 2.05) is 12.1 Å². The lowest BCUT2D eigenvalue weighted by Gasteiger charge is -2.34. The number of amides is 1. The molecule has 1 amide bonds. The molecule has 11 heteroatoms. The highest BCUT2D eigenvalue weighted by Crippen LogP contribution is 2.65. The molecule has 0 bridgehead atoms. The van der Waals surface area contributed by atoms with Crippen molar-refractivity contribution in [1.82, 2.24) is 20.8 Å². The molecule has 0 radical (unpaired) electrons. The molecular weight excluding hydrogens is 486 g/mol. The molecule has 4 unspecified atom stereocenters. The standard InChI is InChI=1S/C27H35N7O4/c1-36-16-4-6-20-18(12-16)27(26(35)30-20)13-19(27)15-3-5-17-21(11-15)32-33-23(17)31-24-22(37-2)25(29-14-28-24)34-7-9-38-10-8-34/h4,6,12,14-15,17,19,21,23,32-33H,3,5,7-11,13H2,1-2H3,(H,30,35)(H,28,29,31)/t15?,17?,19-,21?,23?,27-/m0/s1. The van der Waals surface area contributed by atoms with E-state index in [-0.39, 0.29) is 12.1 Å². The van der Waals surface area contributed by atoms with Crippen LogP contribution in [-0.4, -0.2) is 68.6 Å². The number of carbonyl (C=O) groups excluding carboxylic acids is 1. The molecule has 11 nitrogen and oxygen atoms in total. The van der Waals surface area contributed by atoms with Gasteiger partial charge in [0, 0.05) is 30.7 Å². The fraction of sp³-hybridized carbons (Fsp3) is 0.593. The Morgan fingerprint density at radius 1 is 1.13 bits per heavy atom. The van der Waals surface area contributed by atoms with Crippen LogP contribution in [0.5, 0.6) is 11.5 Å². The number of nitrogens with one attached hydrogen (secondary N) is 4. The molecule has 2 saturated carbocycles. The summed E-state index contributed by atoms with van der Waals surface area (Å²) in [7, 11) is 3.34. The molecule has 2 saturated heterocycles. The Balaban J connectivity index is 1.04. The normalized spacial score (nSPS) is 33.5. The van der Waals surface area contributed by atoms with E-state index in [9.17, 15) is 4.79 Å². The van der Waals surface area contributed by atoms with E-state index in [0.717, 1.165) is 61.6 Å². The smallest absolute Gasteiger partial charge is 0.235 e. The highest BCUT2D eigenvalue weighted by atomic mass is 16.5. The van der Waals surface area contributed by atoms with Crippen LogP contribution in [0, 0.1) is 17.8 Å². The molecule has 6 atom stereocenters. The summed E-state index contributed by atoms with van der Waals surface area (Å²) in [5.41, 5.74) is 8.66. The first-order valence-corrected chi connectivity index (χ1v) is 13.6. The van der Waals surface area contributed by atoms with Crippen LogP contribution in [0.3, 0.4) is 0 Å². The van der Waals surface area contributed by atoms with E-state index < -0.39 is 5.41 Å². The number of hydrazine groups is 1. The molecule has 4 heterocycles. The van der Waals surface area contributed by atoms with Crippen LogP contribution < -0.4 is 35.9 Å². The van der Waals surface area contributed by atoms with Gasteiger partial charge in [-0.05, 0) is 61.3 Å². The number of ether oxygens (including phenoxy) is 3. The van der Waals surface area contributed by atoms with Crippen molar-refractivity contribution in [3.8, 4) is 11.5 Å². The van der Waals surface area contributed by atoms with E-state index in [4.69, 9.17) is 14.2 Å². The fourth-order valence-electron chi connectivity index (χ4n) is 7.32. The zero-order valence-electron chi connectivity index (χ0n) is 21.8. The van der Waals surface area contributed by atoms with Crippen LogP contribution in [0.1, 0.15) is 31.2 Å². The first kappa shape index (κ1) is 23.9. The van der Waals surface area contributed by atoms with Gasteiger partial charge in [-0.25, -0.2) is 15.4 Å². The van der Waals surface area contributed by atoms with Crippen molar-refractivity contribution in [1.29, 1.82) is 0 Å². The molecule has 3 aliphatic heterocycles. The quantitative estimate of drug-likeness (QED) is 0.448. The van der Waals surface area contributed by atoms with Crippen LogP contribution >= 0.6 is 0 Å². The maximum absolute atomic E-state index is 13.1. The third-order valence-corrected chi connectivity index (χ3v) is 9.33. The molecule has 2 aromatic rings. The Labute approximate surface area is 222 Å². The molecule has 38 heavy (non-hydrogen) atoms. The minimum Gasteiger partial charge on any atom is -0.497 e. The number of rotatable bonds is 6. The molecule has 4 fully saturated rings. The third-order valence-electron chi connectivity index (χ3n) is 9.33. The van der Waals surface area contributed by atoms with Crippen molar-refractivity contribution >= 4 is 23.2 Å². The molecule has 202 valence electrons. The number of hydrogen-bond acceptors (Lipinski definition) is 10. The molecule has 4 N–H and O–H groups in total. The van der Waals surface area contributed by atoms with Crippen LogP contribution in [0.4, 0.5) is 17.3 Å². The second-order valence-electron chi connectivity index (χ2n) is 11.1. The van der Waals surface area contributed by atoms with Crippen molar-refractivity contribution in [2.24, 2.45) is 17.8 Å². The van der Waals surface area contributed by atoms with Crippen LogP contribution in [-0.2, 0) is 14.9 Å². The SMILES string of the molecule is COc1ccc2c(c1)[C@]1(C[C@H]1C1CCC3C(C1)NNC3Nc1ncnc(N3CCOCC3)c1OC)C(=O)N2. The van der Waals surface area contributed by atoms with E-state index in [0.29, 0.717) is 48.6 Å². The number of hydrogen-bond donors (Lipinski definition) is 4. The highest BCUT2D eigenvalue weighted by Gasteiger charge is 2.67. The predicted octanol–water partition coefficient (Wildman–Crippen LogP) is 1.87. The van der Waals surface area contributed by atoms with Gasteiger partial charge in [0.2, 0.25) is 11.7 Å². The van der Waals surface area contributed by atoms with Crippen molar-refractivity contribution < 1.29 is 19.0 Å². The average molecular weight is 522 g/mol. The molecule has 5 aliphatic rings. The van der Waals surface area contributed by atoms with Gasteiger partial charge in [0.05, 0.1) is 39.0 Å². The minimum atomic E-state index is -0.394. The molecule has 1 aromatic carbocycles. The monoisotopic (exact) mass is 521 g/mol. The van der Waals surface area contributed by atoms with Gasteiger partial charge < -0.3 is 29.7 Å². The topological polar surface area (TPSA) is 122 Å². The summed E-state index contributed by atoms with van der Waals surface area (Å²) in [6, 6.07) is 6.26. The number of aromatic nitrogens is 2. The Hall–Kier alpha value is -3.15. The summed E-state index contributed by atoms with van der Waals surface area (Å²) in [6.45, 7) is 2.91. The van der Waals surface area contributed by atoms with Gasteiger partial charge in [0.1, 0.15) is 12.1 Å². The number of anilines is 3. The number of morpholine rings is 1. The second kappa shape index (κ2) is 9.25. The lowest BCUT2D eigenvalue weighted by Crippen LogP contribution is -2.40. The van der Waals surface area contributed by atoms with Crippen LogP contribution in [0.2, 0.25) is 0 Å². The Bertz CT molecular complexity index is 1240. The third kappa shape index (κ3) is 3.70. The lowest BCUT2D eigenvalue weighted by atomic mass is 9.74. The predicted molar refractivity (Wildman–Crippen MR) is 141 cm³/mol. The van der Waals surface area contributed by atoms with E-state index >= 15 is 0 Å². The maximum Gasteiger partial charge on any atom is 0.235 e. The largest absolute Gasteiger partial charge is 0.497 e. The molecule has 7 rings (SSSR count). The number of methoxy groups -OCH3 is 2. The number of benzene rings is 1. The summed E-state index contributed by atoms with van der Waals surface area (Å²) in [6.07, 6.45) is 5.74. The highest BCUT2D eigenvalue weighted by molar-refractivity contribution is 6.09. The van der Waals surface area contributed by atoms with Crippen molar-refractivity contribution in [3.63, 3.8) is 0 Å². The summed E-state index contributed by atoms with van der Waals surface area (Å²) >= 11 is 0. The summed E-state index contributed by atoms with van der Waals surface area (Å²) < 4.78 is 16.7. The van der Waals surface area contributed by atoms with E-state index in [1.54, 1.807) is 20.5 Å². The van der Waals surface area contributed by atoms with Gasteiger partial charge in [-0.2, -0.15) is 0 Å². The minimum absolute atomic E-state index is 0.0234. The summed E-state index contributed by atoms with van der Waals surface area (Å²) in [5.74, 6) is 4.37. The van der Waals surface area contributed by atoms with Crippen molar-refractivity contribution in [3.05, 3.63) is 30.1 Å². The lowest BCUT2D eigenvalue weighted by molar-refractivity contribution is -0.118. The average Bonchev–Trinajstić information content (AvgIpc) is 3.51. The van der Waals surface area contributed by atoms with Gasteiger partial charge >= 0.3 is 0 Å². The Morgan fingerprint density at radius 2 is 2.00 bits per heavy atom. The molecule has 1 spiro atoms.